The van der Waals surface area contributed by atoms with Gasteiger partial charge < -0.3 is 9.52 Å². The standard InChI is InChI=1S/C19H25NO2.C4H10.2C2H6/c1-11(2)18-16-8-12(3)10-20(18)7-6-14-15-9-13(21)4-5-17(15)22-19(14)16;1-3-4-2;2*1-2/h4-5,9,11-12,16,18,21H,6-8,10H2,1-3H3;3-4H2,1-2H3;2*1-2H3. The summed E-state index contributed by atoms with van der Waals surface area (Å²) in [6.07, 6.45) is 4.87. The first-order valence-electron chi connectivity index (χ1n) is 12.4. The van der Waals surface area contributed by atoms with Crippen LogP contribution in [0.1, 0.15) is 98.8 Å². The second-order valence-corrected chi connectivity index (χ2v) is 8.55. The number of furan rings is 1. The molecule has 3 heteroatoms. The van der Waals surface area contributed by atoms with Crippen LogP contribution in [0.3, 0.4) is 0 Å². The summed E-state index contributed by atoms with van der Waals surface area (Å²) in [5, 5.41) is 10.9. The first-order valence-corrected chi connectivity index (χ1v) is 12.4. The molecule has 172 valence electrons. The van der Waals surface area contributed by atoms with Crippen LogP contribution in [0.25, 0.3) is 11.0 Å². The monoisotopic (exact) mass is 417 g/mol. The molecule has 1 aromatic heterocycles. The Balaban J connectivity index is 0.000000497. The highest BCUT2D eigenvalue weighted by atomic mass is 16.3. The van der Waals surface area contributed by atoms with Crippen molar-refractivity contribution in [3.63, 3.8) is 0 Å². The van der Waals surface area contributed by atoms with Crippen molar-refractivity contribution in [3.8, 4) is 5.75 Å². The van der Waals surface area contributed by atoms with Crippen LogP contribution in [0.5, 0.6) is 5.75 Å². The van der Waals surface area contributed by atoms with Crippen LogP contribution >= 0.6 is 0 Å². The van der Waals surface area contributed by atoms with E-state index in [0.717, 1.165) is 23.9 Å². The van der Waals surface area contributed by atoms with Gasteiger partial charge >= 0.3 is 0 Å². The van der Waals surface area contributed by atoms with Gasteiger partial charge in [-0.25, -0.2) is 0 Å². The quantitative estimate of drug-likeness (QED) is 0.537. The van der Waals surface area contributed by atoms with Gasteiger partial charge in [-0.1, -0.05) is 75.2 Å². The number of unbranched alkanes of at least 4 members (excludes halogenated alkanes) is 1. The predicted molar refractivity (Wildman–Crippen MR) is 132 cm³/mol. The predicted octanol–water partition coefficient (Wildman–Crippen LogP) is 8.00. The highest BCUT2D eigenvalue weighted by Crippen LogP contribution is 2.45. The minimum absolute atomic E-state index is 0.331. The van der Waals surface area contributed by atoms with E-state index in [0.29, 0.717) is 29.5 Å². The third kappa shape index (κ3) is 6.03. The number of piperidine rings is 1. The SMILES string of the molecule is CC.CC.CC1CC2c3oc4ccc(O)cc4c3CCN(C1)C2C(C)C.CCCC. The third-order valence-corrected chi connectivity index (χ3v) is 6.01. The van der Waals surface area contributed by atoms with Crippen molar-refractivity contribution in [3.05, 3.63) is 29.5 Å². The number of phenols is 1. The van der Waals surface area contributed by atoms with Gasteiger partial charge in [-0.3, -0.25) is 4.90 Å². The number of hydrogen-bond donors (Lipinski definition) is 1. The zero-order chi connectivity index (χ0) is 22.8. The summed E-state index contributed by atoms with van der Waals surface area (Å²) in [5.74, 6) is 3.35. The molecule has 3 nitrogen and oxygen atoms in total. The number of nitrogens with zero attached hydrogens (tertiary/aromatic N) is 1. The van der Waals surface area contributed by atoms with Crippen molar-refractivity contribution in [2.75, 3.05) is 13.1 Å². The minimum atomic E-state index is 0.331. The summed E-state index contributed by atoms with van der Waals surface area (Å²) in [6.45, 7) is 21.7. The molecular formula is C27H47NO2. The Hall–Kier alpha value is -1.48. The molecule has 1 fully saturated rings. The van der Waals surface area contributed by atoms with Gasteiger partial charge in [0.15, 0.2) is 0 Å². The second kappa shape index (κ2) is 13.0. The fraction of sp³-hybridized carbons (Fsp3) is 0.704. The molecule has 0 aliphatic carbocycles. The maximum atomic E-state index is 9.84. The molecule has 0 spiro atoms. The Morgan fingerprint density at radius 3 is 2.30 bits per heavy atom. The van der Waals surface area contributed by atoms with Crippen molar-refractivity contribution < 1.29 is 9.52 Å². The highest BCUT2D eigenvalue weighted by molar-refractivity contribution is 5.84. The van der Waals surface area contributed by atoms with Gasteiger partial charge in [0.1, 0.15) is 17.1 Å². The van der Waals surface area contributed by atoms with E-state index in [1.54, 1.807) is 6.07 Å². The summed E-state index contributed by atoms with van der Waals surface area (Å²) in [4.78, 5) is 2.67. The highest BCUT2D eigenvalue weighted by Gasteiger charge is 2.42. The lowest BCUT2D eigenvalue weighted by Crippen LogP contribution is -2.49. The van der Waals surface area contributed by atoms with E-state index in [1.807, 2.05) is 39.8 Å². The Morgan fingerprint density at radius 1 is 1.10 bits per heavy atom. The van der Waals surface area contributed by atoms with E-state index in [4.69, 9.17) is 4.42 Å². The molecule has 0 radical (unpaired) electrons. The van der Waals surface area contributed by atoms with E-state index >= 15 is 0 Å². The van der Waals surface area contributed by atoms with Crippen LogP contribution < -0.4 is 0 Å². The molecule has 4 rings (SSSR count). The average molecular weight is 418 g/mol. The maximum absolute atomic E-state index is 9.84. The Kier molecular flexibility index (Phi) is 11.5. The van der Waals surface area contributed by atoms with Crippen LogP contribution in [0.2, 0.25) is 0 Å². The fourth-order valence-corrected chi connectivity index (χ4v) is 4.78. The first kappa shape index (κ1) is 26.6. The molecule has 0 saturated carbocycles. The number of phenolic OH excluding ortho intramolecular Hbond substituents is 1. The normalized spacial score (nSPS) is 24.3. The minimum Gasteiger partial charge on any atom is -0.508 e. The van der Waals surface area contributed by atoms with Gasteiger partial charge in [-0.05, 0) is 42.9 Å². The Labute approximate surface area is 185 Å². The van der Waals surface area contributed by atoms with Crippen molar-refractivity contribution in [2.24, 2.45) is 11.8 Å². The number of rotatable bonds is 2. The molecule has 0 amide bonds. The number of benzene rings is 1. The average Bonchev–Trinajstić information content (AvgIpc) is 3.07. The lowest BCUT2D eigenvalue weighted by atomic mass is 9.78. The van der Waals surface area contributed by atoms with Gasteiger partial charge in [-0.15, -0.1) is 0 Å². The molecule has 4 atom stereocenters. The summed E-state index contributed by atoms with van der Waals surface area (Å²) < 4.78 is 6.30. The molecule has 2 aliphatic rings. The number of aromatic hydroxyl groups is 1. The molecule has 30 heavy (non-hydrogen) atoms. The zero-order valence-electron chi connectivity index (χ0n) is 21.1. The largest absolute Gasteiger partial charge is 0.508 e. The van der Waals surface area contributed by atoms with E-state index in [2.05, 4.69) is 39.5 Å². The van der Waals surface area contributed by atoms with Crippen molar-refractivity contribution in [1.82, 2.24) is 4.90 Å². The van der Waals surface area contributed by atoms with Gasteiger partial charge in [0, 0.05) is 36.0 Å². The van der Waals surface area contributed by atoms with Crippen LogP contribution in [-0.2, 0) is 6.42 Å². The van der Waals surface area contributed by atoms with Gasteiger partial charge in [0.2, 0.25) is 0 Å². The van der Waals surface area contributed by atoms with Gasteiger partial charge in [0.05, 0.1) is 0 Å². The number of fused-ring (bicyclic) bond motifs is 6. The van der Waals surface area contributed by atoms with E-state index in [-0.39, 0.29) is 0 Å². The fourth-order valence-electron chi connectivity index (χ4n) is 4.78. The van der Waals surface area contributed by atoms with Crippen molar-refractivity contribution in [2.45, 2.75) is 100.0 Å². The third-order valence-electron chi connectivity index (χ3n) is 6.01. The molecule has 4 unspecified atom stereocenters. The van der Waals surface area contributed by atoms with Crippen LogP contribution in [-0.4, -0.2) is 29.1 Å². The molecule has 3 heterocycles. The van der Waals surface area contributed by atoms with Crippen LogP contribution in [0.15, 0.2) is 22.6 Å². The summed E-state index contributed by atoms with van der Waals surface area (Å²) in [7, 11) is 0. The van der Waals surface area contributed by atoms with Gasteiger partial charge in [-0.2, -0.15) is 0 Å². The van der Waals surface area contributed by atoms with Crippen LogP contribution in [0.4, 0.5) is 0 Å². The van der Waals surface area contributed by atoms with Gasteiger partial charge in [0.25, 0.3) is 0 Å². The zero-order valence-corrected chi connectivity index (χ0v) is 21.1. The molecule has 1 aromatic carbocycles. The first-order chi connectivity index (χ1) is 14.5. The van der Waals surface area contributed by atoms with E-state index in [9.17, 15) is 5.11 Å². The summed E-state index contributed by atoms with van der Waals surface area (Å²) >= 11 is 0. The molecule has 2 aliphatic heterocycles. The van der Waals surface area contributed by atoms with Crippen LogP contribution in [0, 0.1) is 11.8 Å². The topological polar surface area (TPSA) is 36.6 Å². The second-order valence-electron chi connectivity index (χ2n) is 8.55. The molecule has 1 saturated heterocycles. The summed E-state index contributed by atoms with van der Waals surface area (Å²) in [5.41, 5.74) is 2.26. The lowest BCUT2D eigenvalue weighted by Gasteiger charge is -2.44. The molecular weight excluding hydrogens is 370 g/mol. The number of hydrogen-bond acceptors (Lipinski definition) is 3. The molecule has 2 aromatic rings. The molecule has 2 bridgehead atoms. The maximum Gasteiger partial charge on any atom is 0.134 e. The smallest absolute Gasteiger partial charge is 0.134 e. The lowest BCUT2D eigenvalue weighted by molar-refractivity contribution is 0.0640. The van der Waals surface area contributed by atoms with Crippen molar-refractivity contribution >= 4 is 11.0 Å². The molecule has 1 N–H and O–H groups in total. The Morgan fingerprint density at radius 2 is 1.73 bits per heavy atom. The van der Waals surface area contributed by atoms with E-state index < -0.39 is 0 Å². The summed E-state index contributed by atoms with van der Waals surface area (Å²) in [6, 6.07) is 6.08. The van der Waals surface area contributed by atoms with E-state index in [1.165, 1.54) is 37.1 Å². The van der Waals surface area contributed by atoms with Crippen molar-refractivity contribution in [1.29, 1.82) is 0 Å². The Bertz CT molecular complexity index is 732.